The highest BCUT2D eigenvalue weighted by atomic mass is 32.1. The Bertz CT molecular complexity index is 566. The van der Waals surface area contributed by atoms with Crippen LogP contribution in [0, 0.1) is 12.3 Å². The van der Waals surface area contributed by atoms with E-state index in [1.54, 1.807) is 26.8 Å². The van der Waals surface area contributed by atoms with Gasteiger partial charge in [0.2, 0.25) is 0 Å². The van der Waals surface area contributed by atoms with Gasteiger partial charge >= 0.3 is 6.09 Å². The molecule has 102 valence electrons. The molecule has 0 saturated heterocycles. The van der Waals surface area contributed by atoms with Gasteiger partial charge in [0.15, 0.2) is 0 Å². The van der Waals surface area contributed by atoms with Crippen molar-refractivity contribution in [3.8, 4) is 12.3 Å². The van der Waals surface area contributed by atoms with Crippen molar-refractivity contribution in [1.29, 1.82) is 0 Å². The van der Waals surface area contributed by atoms with Crippen LogP contribution in [0.3, 0.4) is 0 Å². The fourth-order valence-corrected chi connectivity index (χ4v) is 1.47. The zero-order chi connectivity index (χ0) is 14.6. The van der Waals surface area contributed by atoms with Crippen LogP contribution >= 0.6 is 12.6 Å². The molecule has 0 spiro atoms. The van der Waals surface area contributed by atoms with E-state index in [-0.39, 0.29) is 6.54 Å². The molecule has 0 bridgehead atoms. The second-order valence-corrected chi connectivity index (χ2v) is 5.33. The van der Waals surface area contributed by atoms with Crippen molar-refractivity contribution >= 4 is 18.7 Å². The van der Waals surface area contributed by atoms with E-state index >= 15 is 0 Å². The largest absolute Gasteiger partial charge is 0.442 e. The summed E-state index contributed by atoms with van der Waals surface area (Å²) < 4.78 is 6.31. The normalized spacial score (nSPS) is 10.7. The van der Waals surface area contributed by atoms with Gasteiger partial charge in [-0.2, -0.15) is 5.01 Å². The first-order valence-electron chi connectivity index (χ1n) is 5.60. The number of nitrogens with zero attached hydrogens (tertiary/aromatic N) is 2. The maximum Gasteiger partial charge on any atom is 0.430 e. The number of pyridine rings is 1. The molecule has 1 amide bonds. The fourth-order valence-electron chi connectivity index (χ4n) is 1.29. The summed E-state index contributed by atoms with van der Waals surface area (Å²) >= 11 is 4.05. The third-order valence-corrected chi connectivity index (χ3v) is 2.27. The number of rotatable bonds is 2. The standard InChI is InChI=1S/C13H16N2O3S/c1-5-7-15(12(17)18-13(2,3)4)14-8-6-10(19)9-11(14)16/h1,6,8-9,19H,7H2,2-4H3. The lowest BCUT2D eigenvalue weighted by atomic mass is 10.2. The Hall–Kier alpha value is -1.87. The molecule has 1 aromatic heterocycles. The number of carbonyl (C=O) groups excluding carboxylic acids is 1. The summed E-state index contributed by atoms with van der Waals surface area (Å²) in [5.41, 5.74) is -1.08. The summed E-state index contributed by atoms with van der Waals surface area (Å²) in [7, 11) is 0. The van der Waals surface area contributed by atoms with Crippen molar-refractivity contribution in [2.75, 3.05) is 11.6 Å². The lowest BCUT2D eigenvalue weighted by molar-refractivity contribution is 0.0542. The topological polar surface area (TPSA) is 51.5 Å². The molecule has 0 fully saturated rings. The summed E-state index contributed by atoms with van der Waals surface area (Å²) in [5.74, 6) is 2.32. The fraction of sp³-hybridized carbons (Fsp3) is 0.385. The first-order chi connectivity index (χ1) is 8.74. The maximum atomic E-state index is 12.0. The zero-order valence-electron chi connectivity index (χ0n) is 11.1. The van der Waals surface area contributed by atoms with E-state index in [0.717, 1.165) is 9.69 Å². The predicted octanol–water partition coefficient (Wildman–Crippen LogP) is 1.64. The van der Waals surface area contributed by atoms with Crippen LogP contribution in [0.15, 0.2) is 28.0 Å². The number of hydrogen-bond acceptors (Lipinski definition) is 4. The molecular formula is C13H16N2O3S. The van der Waals surface area contributed by atoms with E-state index in [2.05, 4.69) is 18.5 Å². The molecule has 0 aromatic carbocycles. The average Bonchev–Trinajstić information content (AvgIpc) is 2.24. The molecule has 0 saturated carbocycles. The highest BCUT2D eigenvalue weighted by Crippen LogP contribution is 2.09. The molecule has 6 heteroatoms. The molecule has 19 heavy (non-hydrogen) atoms. The van der Waals surface area contributed by atoms with Crippen LogP contribution in [0.25, 0.3) is 0 Å². The summed E-state index contributed by atoms with van der Waals surface area (Å²) in [6.07, 6.45) is 5.96. The van der Waals surface area contributed by atoms with E-state index in [4.69, 9.17) is 11.2 Å². The molecule has 0 atom stereocenters. The third-order valence-electron chi connectivity index (χ3n) is 1.99. The van der Waals surface area contributed by atoms with Crippen molar-refractivity contribution in [1.82, 2.24) is 4.68 Å². The van der Waals surface area contributed by atoms with Gasteiger partial charge < -0.3 is 4.74 Å². The minimum Gasteiger partial charge on any atom is -0.442 e. The quantitative estimate of drug-likeness (QED) is 0.662. The Morgan fingerprint density at radius 1 is 1.58 bits per heavy atom. The van der Waals surface area contributed by atoms with Gasteiger partial charge in [0.25, 0.3) is 5.56 Å². The molecule has 0 aliphatic rings. The average molecular weight is 280 g/mol. The van der Waals surface area contributed by atoms with E-state index < -0.39 is 17.3 Å². The van der Waals surface area contributed by atoms with Crippen LogP contribution in [-0.4, -0.2) is 22.9 Å². The molecule has 1 heterocycles. The number of thiol groups is 1. The summed E-state index contributed by atoms with van der Waals surface area (Å²) in [4.78, 5) is 24.3. The molecule has 1 aromatic rings. The van der Waals surface area contributed by atoms with Gasteiger partial charge in [0.05, 0.1) is 0 Å². The number of amides is 1. The smallest absolute Gasteiger partial charge is 0.430 e. The summed E-state index contributed by atoms with van der Waals surface area (Å²) in [6.45, 7) is 5.14. The minimum atomic E-state index is -0.681. The van der Waals surface area contributed by atoms with Crippen molar-refractivity contribution in [3.63, 3.8) is 0 Å². The van der Waals surface area contributed by atoms with Gasteiger partial charge in [-0.3, -0.25) is 4.79 Å². The van der Waals surface area contributed by atoms with Gasteiger partial charge in [0.1, 0.15) is 12.1 Å². The monoisotopic (exact) mass is 280 g/mol. The maximum absolute atomic E-state index is 12.0. The van der Waals surface area contributed by atoms with Crippen LogP contribution < -0.4 is 10.6 Å². The van der Waals surface area contributed by atoms with E-state index in [9.17, 15) is 9.59 Å². The van der Waals surface area contributed by atoms with Gasteiger partial charge in [-0.1, -0.05) is 5.92 Å². The SMILES string of the molecule is C#CCN(C(=O)OC(C)(C)C)n1ccc(S)cc1=O. The minimum absolute atomic E-state index is 0.0687. The van der Waals surface area contributed by atoms with Crippen molar-refractivity contribution in [2.24, 2.45) is 0 Å². The molecule has 0 N–H and O–H groups in total. The van der Waals surface area contributed by atoms with E-state index in [0.29, 0.717) is 4.90 Å². The van der Waals surface area contributed by atoms with Crippen molar-refractivity contribution in [2.45, 2.75) is 31.3 Å². The molecule has 0 unspecified atom stereocenters. The number of carbonyl (C=O) groups is 1. The van der Waals surface area contributed by atoms with Gasteiger partial charge in [-0.05, 0) is 26.8 Å². The number of ether oxygens (including phenoxy) is 1. The van der Waals surface area contributed by atoms with Crippen LogP contribution in [0.5, 0.6) is 0 Å². The van der Waals surface area contributed by atoms with E-state index in [1.807, 2.05) is 0 Å². The molecular weight excluding hydrogens is 264 g/mol. The summed E-state index contributed by atoms with van der Waals surface area (Å²) in [5, 5.41) is 1.06. The van der Waals surface area contributed by atoms with Gasteiger partial charge in [-0.25, -0.2) is 9.47 Å². The molecule has 0 aliphatic carbocycles. The zero-order valence-corrected chi connectivity index (χ0v) is 12.0. The number of aromatic nitrogens is 1. The lowest BCUT2D eigenvalue weighted by Gasteiger charge is -2.26. The van der Waals surface area contributed by atoms with Gasteiger partial charge in [0, 0.05) is 17.2 Å². The Morgan fingerprint density at radius 2 is 2.21 bits per heavy atom. The Morgan fingerprint density at radius 3 is 2.68 bits per heavy atom. The van der Waals surface area contributed by atoms with E-state index in [1.165, 1.54) is 12.3 Å². The molecule has 0 aliphatic heterocycles. The molecule has 5 nitrogen and oxygen atoms in total. The third kappa shape index (κ3) is 4.38. The van der Waals surface area contributed by atoms with Crippen molar-refractivity contribution < 1.29 is 9.53 Å². The highest BCUT2D eigenvalue weighted by Gasteiger charge is 2.23. The second kappa shape index (κ2) is 5.85. The van der Waals surface area contributed by atoms with Crippen molar-refractivity contribution in [3.05, 3.63) is 28.7 Å². The van der Waals surface area contributed by atoms with Crippen LogP contribution in [0.4, 0.5) is 4.79 Å². The predicted molar refractivity (Wildman–Crippen MR) is 76.1 cm³/mol. The molecule has 1 rings (SSSR count). The van der Waals surface area contributed by atoms with Crippen LogP contribution in [0.1, 0.15) is 20.8 Å². The number of terminal acetylenes is 1. The Labute approximate surface area is 117 Å². The summed E-state index contributed by atoms with van der Waals surface area (Å²) in [6, 6.07) is 2.87. The van der Waals surface area contributed by atoms with Crippen LogP contribution in [0.2, 0.25) is 0 Å². The second-order valence-electron chi connectivity index (χ2n) is 4.81. The number of hydrogen-bond donors (Lipinski definition) is 1. The van der Waals surface area contributed by atoms with Gasteiger partial charge in [-0.15, -0.1) is 19.1 Å². The highest BCUT2D eigenvalue weighted by molar-refractivity contribution is 7.80. The first-order valence-corrected chi connectivity index (χ1v) is 6.05. The lowest BCUT2D eigenvalue weighted by Crippen LogP contribution is -2.48. The Balaban J connectivity index is 3.11. The van der Waals surface area contributed by atoms with Crippen LogP contribution in [-0.2, 0) is 4.74 Å². The first kappa shape index (κ1) is 15.2. The molecule has 0 radical (unpaired) electrons. The Kier molecular flexibility index (Phi) is 4.67.